The zero-order valence-electron chi connectivity index (χ0n) is 17.8. The molecular weight excluding hydrogens is 396 g/mol. The van der Waals surface area contributed by atoms with Gasteiger partial charge in [0.2, 0.25) is 5.91 Å². The highest BCUT2D eigenvalue weighted by Gasteiger charge is 2.15. The lowest BCUT2D eigenvalue weighted by molar-refractivity contribution is -0.118. The van der Waals surface area contributed by atoms with Crippen molar-refractivity contribution < 1.29 is 9.53 Å². The first-order valence-electron chi connectivity index (χ1n) is 10.1. The molecule has 0 bridgehead atoms. The molecule has 158 valence electrons. The average molecular weight is 425 g/mol. The first-order valence-corrected chi connectivity index (χ1v) is 11.1. The molecule has 0 atom stereocenters. The van der Waals surface area contributed by atoms with Gasteiger partial charge in [-0.05, 0) is 43.0 Å². The van der Waals surface area contributed by atoms with E-state index in [0.29, 0.717) is 17.1 Å². The van der Waals surface area contributed by atoms with Crippen LogP contribution in [0.25, 0.3) is 0 Å². The maximum atomic E-state index is 12.5. The molecular formula is C23H28N4O2S. The van der Waals surface area contributed by atoms with Crippen molar-refractivity contribution in [2.24, 2.45) is 0 Å². The highest BCUT2D eigenvalue weighted by Crippen LogP contribution is 2.26. The number of benzene rings is 1. The Morgan fingerprint density at radius 2 is 1.90 bits per heavy atom. The monoisotopic (exact) mass is 424 g/mol. The van der Waals surface area contributed by atoms with Crippen molar-refractivity contribution in [1.29, 1.82) is 5.26 Å². The molecule has 0 radical (unpaired) electrons. The van der Waals surface area contributed by atoms with E-state index < -0.39 is 0 Å². The van der Waals surface area contributed by atoms with E-state index in [-0.39, 0.29) is 11.7 Å². The number of thioether (sulfide) groups is 1. The molecule has 1 N–H and O–H groups in total. The minimum Gasteiger partial charge on any atom is -0.379 e. The third-order valence-corrected chi connectivity index (χ3v) is 6.48. The van der Waals surface area contributed by atoms with E-state index in [0.717, 1.165) is 55.2 Å². The molecule has 1 aromatic carbocycles. The fourth-order valence-corrected chi connectivity index (χ4v) is 4.33. The van der Waals surface area contributed by atoms with E-state index >= 15 is 0 Å². The number of nitrogens with zero attached hydrogens (tertiary/aromatic N) is 3. The van der Waals surface area contributed by atoms with Crippen LogP contribution in [-0.4, -0.2) is 47.8 Å². The number of hydrogen-bond donors (Lipinski definition) is 1. The van der Waals surface area contributed by atoms with E-state index in [4.69, 9.17) is 4.74 Å². The van der Waals surface area contributed by atoms with Gasteiger partial charge in [-0.3, -0.25) is 9.69 Å². The number of carbonyl (C=O) groups is 1. The van der Waals surface area contributed by atoms with Gasteiger partial charge in [0, 0.05) is 31.9 Å². The summed E-state index contributed by atoms with van der Waals surface area (Å²) in [4.78, 5) is 19.3. The Balaban J connectivity index is 1.58. The summed E-state index contributed by atoms with van der Waals surface area (Å²) in [6.45, 7) is 10.6. The summed E-state index contributed by atoms with van der Waals surface area (Å²) in [5.74, 6) is 0.164. The number of ether oxygens (including phenoxy) is 1. The smallest absolute Gasteiger partial charge is 0.230 e. The first-order chi connectivity index (χ1) is 14.5. The molecule has 1 aliphatic rings. The number of hydrogen-bond acceptors (Lipinski definition) is 6. The molecule has 2 aromatic rings. The van der Waals surface area contributed by atoms with Crippen LogP contribution in [0.15, 0.2) is 29.3 Å². The summed E-state index contributed by atoms with van der Waals surface area (Å²) >= 11 is 1.32. The average Bonchev–Trinajstić information content (AvgIpc) is 2.76. The Morgan fingerprint density at radius 3 is 2.60 bits per heavy atom. The number of carbonyl (C=O) groups excluding carboxylic acids is 1. The van der Waals surface area contributed by atoms with Crippen LogP contribution in [-0.2, 0) is 22.6 Å². The summed E-state index contributed by atoms with van der Waals surface area (Å²) in [5, 5.41) is 13.1. The third-order valence-electron chi connectivity index (χ3n) is 5.51. The number of aromatic nitrogens is 1. The predicted octanol–water partition coefficient (Wildman–Crippen LogP) is 3.12. The molecule has 3 rings (SSSR count). The Morgan fingerprint density at radius 1 is 1.20 bits per heavy atom. The van der Waals surface area contributed by atoms with Crippen LogP contribution in [0.4, 0.5) is 0 Å². The number of nitriles is 1. The van der Waals surface area contributed by atoms with Gasteiger partial charge in [0.05, 0.1) is 24.5 Å². The molecule has 2 heterocycles. The molecule has 0 spiro atoms. The zero-order valence-corrected chi connectivity index (χ0v) is 18.6. The fourth-order valence-electron chi connectivity index (χ4n) is 3.41. The van der Waals surface area contributed by atoms with Crippen LogP contribution in [0.2, 0.25) is 0 Å². The highest BCUT2D eigenvalue weighted by molar-refractivity contribution is 8.00. The molecule has 6 nitrogen and oxygen atoms in total. The standard InChI is InChI=1S/C23H28N4O2S/c1-16-17(2)21(12-24)23(26-18(16)3)30-15-22(28)25-13-19-6-4-5-7-20(19)14-27-8-10-29-11-9-27/h4-7H,8-11,13-15H2,1-3H3,(H,25,28). The molecule has 0 unspecified atom stereocenters. The Bertz CT molecular complexity index is 949. The number of pyridine rings is 1. The lowest BCUT2D eigenvalue weighted by Crippen LogP contribution is -2.36. The van der Waals surface area contributed by atoms with Crippen LogP contribution in [0.5, 0.6) is 0 Å². The van der Waals surface area contributed by atoms with Gasteiger partial charge in [0.1, 0.15) is 11.1 Å². The van der Waals surface area contributed by atoms with Gasteiger partial charge in [-0.1, -0.05) is 36.0 Å². The van der Waals surface area contributed by atoms with Crippen LogP contribution < -0.4 is 5.32 Å². The van der Waals surface area contributed by atoms with Gasteiger partial charge in [-0.15, -0.1) is 0 Å². The molecule has 1 saturated heterocycles. The van der Waals surface area contributed by atoms with E-state index in [9.17, 15) is 10.1 Å². The van der Waals surface area contributed by atoms with Gasteiger partial charge in [-0.2, -0.15) is 5.26 Å². The largest absolute Gasteiger partial charge is 0.379 e. The Labute approximate surface area is 182 Å². The molecule has 0 saturated carbocycles. The second kappa shape index (κ2) is 10.6. The van der Waals surface area contributed by atoms with E-state index in [1.807, 2.05) is 32.9 Å². The number of aryl methyl sites for hydroxylation is 1. The zero-order chi connectivity index (χ0) is 21.5. The fraction of sp³-hybridized carbons (Fsp3) is 0.435. The highest BCUT2D eigenvalue weighted by atomic mass is 32.2. The number of rotatable bonds is 7. The molecule has 30 heavy (non-hydrogen) atoms. The van der Waals surface area contributed by atoms with Gasteiger partial charge in [-0.25, -0.2) is 4.98 Å². The second-order valence-electron chi connectivity index (χ2n) is 7.46. The molecule has 1 aliphatic heterocycles. The second-order valence-corrected chi connectivity index (χ2v) is 8.43. The van der Waals surface area contributed by atoms with Crippen LogP contribution >= 0.6 is 11.8 Å². The van der Waals surface area contributed by atoms with Gasteiger partial charge >= 0.3 is 0 Å². The summed E-state index contributed by atoms with van der Waals surface area (Å²) in [7, 11) is 0. The maximum absolute atomic E-state index is 12.5. The third kappa shape index (κ3) is 5.60. The summed E-state index contributed by atoms with van der Waals surface area (Å²) < 4.78 is 5.42. The molecule has 7 heteroatoms. The van der Waals surface area contributed by atoms with Crippen LogP contribution in [0.3, 0.4) is 0 Å². The van der Waals surface area contributed by atoms with Crippen LogP contribution in [0.1, 0.15) is 33.5 Å². The lowest BCUT2D eigenvalue weighted by Gasteiger charge is -2.27. The summed E-state index contributed by atoms with van der Waals surface area (Å²) in [6.07, 6.45) is 0. The normalized spacial score (nSPS) is 14.3. The molecule has 1 aromatic heterocycles. The molecule has 1 amide bonds. The maximum Gasteiger partial charge on any atom is 0.230 e. The van der Waals surface area contributed by atoms with Gasteiger partial charge in [0.15, 0.2) is 0 Å². The van der Waals surface area contributed by atoms with Crippen molar-refractivity contribution in [2.75, 3.05) is 32.1 Å². The van der Waals surface area contributed by atoms with Crippen LogP contribution in [0, 0.1) is 32.1 Å². The van der Waals surface area contributed by atoms with Crippen molar-refractivity contribution in [3.05, 3.63) is 57.8 Å². The van der Waals surface area contributed by atoms with Crippen molar-refractivity contribution in [2.45, 2.75) is 38.9 Å². The summed E-state index contributed by atoms with van der Waals surface area (Å²) in [5.41, 5.74) is 5.77. The van der Waals surface area contributed by atoms with E-state index in [2.05, 4.69) is 33.4 Å². The topological polar surface area (TPSA) is 78.2 Å². The number of amides is 1. The number of morpholine rings is 1. The van der Waals surface area contributed by atoms with E-state index in [1.54, 1.807) is 0 Å². The van der Waals surface area contributed by atoms with Crippen molar-refractivity contribution >= 4 is 17.7 Å². The SMILES string of the molecule is Cc1nc(SCC(=O)NCc2ccccc2CN2CCOCC2)c(C#N)c(C)c1C. The van der Waals surface area contributed by atoms with Gasteiger partial charge < -0.3 is 10.1 Å². The van der Waals surface area contributed by atoms with Crippen molar-refractivity contribution in [3.63, 3.8) is 0 Å². The summed E-state index contributed by atoms with van der Waals surface area (Å²) in [6, 6.07) is 10.4. The quantitative estimate of drug-likeness (QED) is 0.688. The lowest BCUT2D eigenvalue weighted by atomic mass is 10.1. The first kappa shape index (κ1) is 22.3. The minimum absolute atomic E-state index is 0.0669. The molecule has 0 aliphatic carbocycles. The Hall–Kier alpha value is -2.40. The van der Waals surface area contributed by atoms with Gasteiger partial charge in [0.25, 0.3) is 0 Å². The molecule has 1 fully saturated rings. The number of nitrogens with one attached hydrogen (secondary N) is 1. The van der Waals surface area contributed by atoms with Crippen molar-refractivity contribution in [3.8, 4) is 6.07 Å². The van der Waals surface area contributed by atoms with Crippen molar-refractivity contribution in [1.82, 2.24) is 15.2 Å². The van der Waals surface area contributed by atoms with E-state index in [1.165, 1.54) is 17.3 Å². The predicted molar refractivity (Wildman–Crippen MR) is 118 cm³/mol. The minimum atomic E-state index is -0.0669. The Kier molecular flexibility index (Phi) is 7.86.